The first-order chi connectivity index (χ1) is 11.6. The zero-order chi connectivity index (χ0) is 17.3. The number of likely N-dealkylation sites (N-methyl/N-ethyl adjacent to an activating group) is 1. The molecule has 0 spiro atoms. The average Bonchev–Trinajstić information content (AvgIpc) is 2.75. The van der Waals surface area contributed by atoms with Crippen molar-refractivity contribution in [2.75, 3.05) is 13.6 Å². The van der Waals surface area contributed by atoms with E-state index in [2.05, 4.69) is 36.2 Å². The van der Waals surface area contributed by atoms with Gasteiger partial charge in [-0.3, -0.25) is 0 Å². The molecule has 4 rings (SSSR count). The van der Waals surface area contributed by atoms with Crippen molar-refractivity contribution in [1.82, 2.24) is 4.90 Å². The highest BCUT2D eigenvalue weighted by Crippen LogP contribution is 2.44. The van der Waals surface area contributed by atoms with E-state index in [1.165, 1.54) is 28.7 Å². The fourth-order valence-electron chi connectivity index (χ4n) is 4.18. The Bertz CT molecular complexity index is 728. The molecule has 0 amide bonds. The maximum atomic E-state index is 10.1. The van der Waals surface area contributed by atoms with E-state index < -0.39 is 0 Å². The van der Waals surface area contributed by atoms with Gasteiger partial charge in [0.05, 0.1) is 5.02 Å². The van der Waals surface area contributed by atoms with Crippen LogP contribution in [0.1, 0.15) is 48.4 Å². The van der Waals surface area contributed by atoms with Gasteiger partial charge in [0, 0.05) is 18.5 Å². The summed E-state index contributed by atoms with van der Waals surface area (Å²) in [5.41, 5.74) is 5.39. The van der Waals surface area contributed by atoms with Gasteiger partial charge in [0.1, 0.15) is 5.75 Å². The zero-order valence-corrected chi connectivity index (χ0v) is 15.5. The zero-order valence-electron chi connectivity index (χ0n) is 14.7. The number of nitrogens with zero attached hydrogens (tertiary/aromatic N) is 1. The fourth-order valence-corrected chi connectivity index (χ4v) is 4.37. The fraction of sp³-hybridized carbons (Fsp3) is 0.429. The Labute approximate surface area is 150 Å². The third-order valence-corrected chi connectivity index (χ3v) is 5.63. The van der Waals surface area contributed by atoms with Gasteiger partial charge in [-0.2, -0.15) is 0 Å². The van der Waals surface area contributed by atoms with Crippen molar-refractivity contribution >= 4 is 11.6 Å². The van der Waals surface area contributed by atoms with E-state index in [0.29, 0.717) is 17.0 Å². The van der Waals surface area contributed by atoms with E-state index in [9.17, 15) is 5.11 Å². The summed E-state index contributed by atoms with van der Waals surface area (Å²) < 4.78 is 0. The number of fused-ring (bicyclic) bond motifs is 5. The second kappa shape index (κ2) is 7.16. The monoisotopic (exact) mass is 343 g/mol. The number of aryl methyl sites for hydroxylation is 1. The summed E-state index contributed by atoms with van der Waals surface area (Å²) in [6.07, 6.45) is 3.29. The lowest BCUT2D eigenvalue weighted by Gasteiger charge is -2.38. The number of aromatic hydroxyl groups is 1. The average molecular weight is 344 g/mol. The van der Waals surface area contributed by atoms with Gasteiger partial charge < -0.3 is 10.0 Å². The highest BCUT2D eigenvalue weighted by molar-refractivity contribution is 6.32. The first-order valence-electron chi connectivity index (χ1n) is 8.94. The molecule has 24 heavy (non-hydrogen) atoms. The van der Waals surface area contributed by atoms with Crippen LogP contribution in [0.5, 0.6) is 5.75 Å². The van der Waals surface area contributed by atoms with Gasteiger partial charge in [-0.05, 0) is 60.7 Å². The Kier molecular flexibility index (Phi) is 5.17. The molecule has 0 fully saturated rings. The van der Waals surface area contributed by atoms with Crippen LogP contribution in [0.2, 0.25) is 5.02 Å². The summed E-state index contributed by atoms with van der Waals surface area (Å²) in [5.74, 6) is 0.530. The Morgan fingerprint density at radius 2 is 1.79 bits per heavy atom. The van der Waals surface area contributed by atoms with Crippen LogP contribution in [-0.2, 0) is 12.8 Å². The lowest BCUT2D eigenvalue weighted by atomic mass is 9.74. The number of hydrogen-bond acceptors (Lipinski definition) is 2. The molecule has 0 bridgehead atoms. The van der Waals surface area contributed by atoms with Crippen LogP contribution in [0, 0.1) is 0 Å². The summed E-state index contributed by atoms with van der Waals surface area (Å²) in [4.78, 5) is 2.48. The predicted octanol–water partition coefficient (Wildman–Crippen LogP) is 5.01. The van der Waals surface area contributed by atoms with Crippen LogP contribution in [0.3, 0.4) is 0 Å². The lowest BCUT2D eigenvalue weighted by Crippen LogP contribution is -2.39. The summed E-state index contributed by atoms with van der Waals surface area (Å²) >= 11 is 6.15. The molecular weight excluding hydrogens is 318 g/mol. The SMILES string of the molecule is CC.CN1CCc2cc(Cl)c(O)cc2[C@H]2c3ccccc3CC[C@@H]21. The molecule has 2 aliphatic rings. The van der Waals surface area contributed by atoms with Crippen LogP contribution in [0.25, 0.3) is 0 Å². The molecule has 0 aromatic heterocycles. The maximum Gasteiger partial charge on any atom is 0.134 e. The van der Waals surface area contributed by atoms with E-state index in [-0.39, 0.29) is 5.75 Å². The largest absolute Gasteiger partial charge is 0.506 e. The van der Waals surface area contributed by atoms with E-state index in [0.717, 1.165) is 19.4 Å². The minimum absolute atomic E-state index is 0.201. The quantitative estimate of drug-likeness (QED) is 0.727. The number of rotatable bonds is 0. The van der Waals surface area contributed by atoms with Gasteiger partial charge in [0.25, 0.3) is 0 Å². The molecule has 2 aromatic carbocycles. The molecule has 1 aliphatic heterocycles. The van der Waals surface area contributed by atoms with Crippen LogP contribution in [0.15, 0.2) is 36.4 Å². The van der Waals surface area contributed by atoms with Crippen molar-refractivity contribution in [3.05, 3.63) is 63.7 Å². The third-order valence-electron chi connectivity index (χ3n) is 5.33. The number of hydrogen-bond donors (Lipinski definition) is 1. The van der Waals surface area contributed by atoms with Gasteiger partial charge in [0.2, 0.25) is 0 Å². The van der Waals surface area contributed by atoms with Gasteiger partial charge in [-0.25, -0.2) is 0 Å². The lowest BCUT2D eigenvalue weighted by molar-refractivity contribution is 0.214. The Balaban J connectivity index is 0.000000815. The summed E-state index contributed by atoms with van der Waals surface area (Å²) in [7, 11) is 2.22. The van der Waals surface area contributed by atoms with E-state index >= 15 is 0 Å². The van der Waals surface area contributed by atoms with Crippen molar-refractivity contribution in [2.45, 2.75) is 45.1 Å². The number of phenols is 1. The molecule has 1 aliphatic carbocycles. The second-order valence-corrected chi connectivity index (χ2v) is 6.92. The topological polar surface area (TPSA) is 23.5 Å². The second-order valence-electron chi connectivity index (χ2n) is 6.52. The molecule has 1 heterocycles. The van der Waals surface area contributed by atoms with Crippen LogP contribution < -0.4 is 0 Å². The van der Waals surface area contributed by atoms with Crippen molar-refractivity contribution < 1.29 is 5.11 Å². The Morgan fingerprint density at radius 3 is 2.58 bits per heavy atom. The first kappa shape index (κ1) is 17.3. The molecule has 128 valence electrons. The van der Waals surface area contributed by atoms with Gasteiger partial charge in [0.15, 0.2) is 0 Å². The van der Waals surface area contributed by atoms with Crippen molar-refractivity contribution in [1.29, 1.82) is 0 Å². The Morgan fingerprint density at radius 1 is 1.04 bits per heavy atom. The van der Waals surface area contributed by atoms with Gasteiger partial charge in [-0.1, -0.05) is 49.7 Å². The normalized spacial score (nSPS) is 22.3. The summed E-state index contributed by atoms with van der Waals surface area (Å²) in [5, 5.41) is 10.6. The molecule has 0 radical (unpaired) electrons. The third kappa shape index (κ3) is 2.94. The van der Waals surface area contributed by atoms with Crippen molar-refractivity contribution in [3.63, 3.8) is 0 Å². The Hall–Kier alpha value is -1.51. The van der Waals surface area contributed by atoms with Crippen LogP contribution in [-0.4, -0.2) is 29.6 Å². The van der Waals surface area contributed by atoms with Gasteiger partial charge >= 0.3 is 0 Å². The number of phenolic OH excluding ortho intramolecular Hbond substituents is 1. The molecule has 0 unspecified atom stereocenters. The number of halogens is 1. The molecule has 0 saturated carbocycles. The highest BCUT2D eigenvalue weighted by atomic mass is 35.5. The molecule has 0 saturated heterocycles. The van der Waals surface area contributed by atoms with E-state index in [1.54, 1.807) is 0 Å². The molecule has 2 atom stereocenters. The summed E-state index contributed by atoms with van der Waals surface area (Å²) in [6.45, 7) is 5.04. The van der Waals surface area contributed by atoms with E-state index in [1.807, 2.05) is 26.0 Å². The smallest absolute Gasteiger partial charge is 0.134 e. The minimum atomic E-state index is 0.201. The molecule has 1 N–H and O–H groups in total. The van der Waals surface area contributed by atoms with Crippen LogP contribution in [0.4, 0.5) is 0 Å². The predicted molar refractivity (Wildman–Crippen MR) is 101 cm³/mol. The molecule has 2 aromatic rings. The molecule has 3 heteroatoms. The maximum absolute atomic E-state index is 10.1. The highest BCUT2D eigenvalue weighted by Gasteiger charge is 2.36. The standard InChI is InChI=1S/C19H20ClNO.C2H6/c1-21-9-8-13-10-16(20)18(22)11-15(13)19-14-5-3-2-4-12(14)6-7-17(19)21;1-2/h2-5,10-11,17,19,22H,6-9H2,1H3;1-2H3/t17-,19+;/m0./s1. The first-order valence-corrected chi connectivity index (χ1v) is 9.32. The number of benzene rings is 2. The summed E-state index contributed by atoms with van der Waals surface area (Å²) in [6, 6.07) is 13.1. The minimum Gasteiger partial charge on any atom is -0.506 e. The van der Waals surface area contributed by atoms with Crippen molar-refractivity contribution in [3.8, 4) is 5.75 Å². The van der Waals surface area contributed by atoms with Crippen LogP contribution >= 0.6 is 11.6 Å². The van der Waals surface area contributed by atoms with Crippen molar-refractivity contribution in [2.24, 2.45) is 0 Å². The molecular formula is C21H26ClNO. The molecule has 2 nitrogen and oxygen atoms in total. The van der Waals surface area contributed by atoms with E-state index in [4.69, 9.17) is 11.6 Å². The van der Waals surface area contributed by atoms with Gasteiger partial charge in [-0.15, -0.1) is 0 Å².